The van der Waals surface area contributed by atoms with Crippen LogP contribution in [0.2, 0.25) is 0 Å². The molecule has 0 saturated heterocycles. The van der Waals surface area contributed by atoms with Gasteiger partial charge in [-0.1, -0.05) is 125 Å². The van der Waals surface area contributed by atoms with E-state index < -0.39 is 11.2 Å². The molecular formula is C95H136O12. The minimum Gasteiger partial charge on any atom is -0.451 e. The van der Waals surface area contributed by atoms with E-state index in [-0.39, 0.29) is 96.6 Å². The largest absolute Gasteiger partial charge is 0.451 e. The summed E-state index contributed by atoms with van der Waals surface area (Å²) < 4.78 is 11.7. The molecule has 0 N–H and O–H groups in total. The van der Waals surface area contributed by atoms with E-state index in [4.69, 9.17) is 9.47 Å². The Morgan fingerprint density at radius 2 is 0.636 bits per heavy atom. The van der Waals surface area contributed by atoms with Gasteiger partial charge in [0, 0.05) is 61.2 Å². The Morgan fingerprint density at radius 3 is 1.01 bits per heavy atom. The van der Waals surface area contributed by atoms with Gasteiger partial charge in [-0.3, -0.25) is 47.9 Å². The molecule has 16 aliphatic carbocycles. The van der Waals surface area contributed by atoms with Crippen molar-refractivity contribution in [2.75, 3.05) is 0 Å². The minimum atomic E-state index is -0.990. The lowest BCUT2D eigenvalue weighted by molar-refractivity contribution is -0.187. The van der Waals surface area contributed by atoms with Crippen molar-refractivity contribution in [3.05, 3.63) is 69.9 Å². The molecule has 0 bridgehead atoms. The number of hydrogen-bond acceptors (Lipinski definition) is 12. The molecule has 0 aromatic heterocycles. The van der Waals surface area contributed by atoms with Gasteiger partial charge in [0.1, 0.15) is 11.6 Å². The van der Waals surface area contributed by atoms with E-state index in [1.807, 2.05) is 31.2 Å². The van der Waals surface area contributed by atoms with Gasteiger partial charge in [-0.2, -0.15) is 0 Å². The van der Waals surface area contributed by atoms with Crippen molar-refractivity contribution in [3.63, 3.8) is 0 Å². The van der Waals surface area contributed by atoms with Gasteiger partial charge in [-0.25, -0.2) is 0 Å². The molecule has 0 amide bonds. The van der Waals surface area contributed by atoms with Gasteiger partial charge in [-0.05, 0) is 334 Å². The fraction of sp³-hybridized carbons (Fsp3) is 0.768. The second-order valence-electron chi connectivity index (χ2n) is 40.9. The van der Waals surface area contributed by atoms with Crippen LogP contribution in [-0.4, -0.2) is 69.4 Å². The molecule has 26 atom stereocenters. The van der Waals surface area contributed by atoms with Crippen LogP contribution >= 0.6 is 0 Å². The monoisotopic (exact) mass is 1470 g/mol. The SMILES string of the molecule is C.CC(=O)O[C@]1(C(C)=O)CC[C@H]2[C@@H]3C=C(C)C4=CC(=O)CC[C@]4(C)[C@H]3CC[C@@]21C.CC(=O)O[C@]1(C(C)=O)CC[C@H]2[C@@H]3C[C@H](C)C4=CC(=O)CC[C@]4(C)[C@H]3CC[C@@]21C.CC(=O)[C@@]1(C)CC[C@H]2[C@@H]3C=C(C)C4=CC(=O)CC[C@]4(C)[C@H]3CC[C@@]21C.CC(=O)[C@@]1(C)CC[C@H]2[C@@H]3C[C@H](C)C4=CC(=O)CC[C@]4(C)[C@H]3CC[C@@]21C. The average Bonchev–Trinajstić information content (AvgIpc) is 1.63. The standard InChI is InChI=1S/C24H34O4.C24H32O4.C23H34O2.C23H32O2.CH4/c2*1-14-12-18-19(22(4)9-6-17(27)13-21(14)22)7-10-23(5)20(18)8-11-24(23,15(2)25)28-16(3)26;2*1-14-12-17-18(21(3)9-6-16(25)13-20(14)21)7-11-23(5)19(17)8-10-22(23,4)15(2)24;/h13-14,18-20H,6-12H2,1-5H3;12-13,18-20H,6-11H2,1-5H3;13-14,17-19H,6-12H2,1-5H3;12-13,17-19H,6-11H2,1-5H3;1H4/t14-,18+,19-,20-,22+,23-,24-;18-,19+,20+,22-,23+,24+;14-,17+,18-,19-,21+,22+,23-;17-,18+,19+,21-,22-,23+;/m0101./s1. The number of allylic oxidation sites excluding steroid dienone is 10. The van der Waals surface area contributed by atoms with E-state index in [9.17, 15) is 47.9 Å². The number of carbonyl (C=O) groups is 10. The van der Waals surface area contributed by atoms with Crippen LogP contribution in [0.3, 0.4) is 0 Å². The van der Waals surface area contributed by atoms with E-state index in [1.165, 1.54) is 85.8 Å². The Labute approximate surface area is 643 Å². The Hall–Kier alpha value is -5.26. The first-order valence-electron chi connectivity index (χ1n) is 42.2. The smallest absolute Gasteiger partial charge is 0.303 e. The number of carbonyl (C=O) groups excluding carboxylic acids is 10. The third-order valence-electron chi connectivity index (χ3n) is 37.0. The van der Waals surface area contributed by atoms with Gasteiger partial charge >= 0.3 is 11.9 Å². The molecular weight excluding hydrogens is 1330 g/mol. The van der Waals surface area contributed by atoms with E-state index in [1.54, 1.807) is 20.8 Å². The molecule has 0 aliphatic heterocycles. The summed E-state index contributed by atoms with van der Waals surface area (Å²) >= 11 is 0. The molecule has 0 unspecified atom stereocenters. The summed E-state index contributed by atoms with van der Waals surface area (Å²) in [5.41, 5.74) is 5.80. The summed E-state index contributed by atoms with van der Waals surface area (Å²) in [6.07, 6.45) is 37.7. The summed E-state index contributed by atoms with van der Waals surface area (Å²) in [5, 5.41) is 0. The first kappa shape index (κ1) is 81.2. The molecule has 12 heteroatoms. The second-order valence-corrected chi connectivity index (χ2v) is 40.9. The maximum Gasteiger partial charge on any atom is 0.303 e. The Balaban J connectivity index is 0.000000133. The van der Waals surface area contributed by atoms with Crippen LogP contribution < -0.4 is 0 Å². The van der Waals surface area contributed by atoms with Gasteiger partial charge in [0.25, 0.3) is 0 Å². The third kappa shape index (κ3) is 11.8. The molecule has 588 valence electrons. The van der Waals surface area contributed by atoms with Crippen LogP contribution in [0.15, 0.2) is 69.9 Å². The van der Waals surface area contributed by atoms with E-state index in [0.29, 0.717) is 132 Å². The normalized spacial score (nSPS) is 47.7. The minimum absolute atomic E-state index is 0. The summed E-state index contributed by atoms with van der Waals surface area (Å²) in [4.78, 5) is 123. The lowest BCUT2D eigenvalue weighted by atomic mass is 9.44. The Kier molecular flexibility index (Phi) is 20.9. The molecule has 107 heavy (non-hydrogen) atoms. The highest BCUT2D eigenvalue weighted by Crippen LogP contribution is 2.75. The van der Waals surface area contributed by atoms with Gasteiger partial charge in [0.15, 0.2) is 45.9 Å². The topological polar surface area (TPSA) is 189 Å². The predicted molar refractivity (Wildman–Crippen MR) is 420 cm³/mol. The number of Topliss-reactive ketones (excluding diaryl/α,β-unsaturated/α-hetero) is 4. The first-order valence-corrected chi connectivity index (χ1v) is 42.2. The predicted octanol–water partition coefficient (Wildman–Crippen LogP) is 20.5. The van der Waals surface area contributed by atoms with Crippen molar-refractivity contribution >= 4 is 58.2 Å². The number of esters is 2. The summed E-state index contributed by atoms with van der Waals surface area (Å²) in [6.45, 7) is 41.8. The van der Waals surface area contributed by atoms with Crippen molar-refractivity contribution in [3.8, 4) is 0 Å². The Bertz CT molecular complexity index is 3960. The lowest BCUT2D eigenvalue weighted by Crippen LogP contribution is -2.59. The fourth-order valence-corrected chi connectivity index (χ4v) is 30.6. The van der Waals surface area contributed by atoms with Gasteiger partial charge in [-0.15, -0.1) is 0 Å². The molecule has 10 saturated carbocycles. The van der Waals surface area contributed by atoms with E-state index in [2.05, 4.69) is 109 Å². The quantitative estimate of drug-likeness (QED) is 0.229. The van der Waals surface area contributed by atoms with Crippen LogP contribution in [0, 0.1) is 137 Å². The molecule has 16 rings (SSSR count). The maximum atomic E-state index is 12.8. The number of fused-ring (bicyclic) bond motifs is 20. The van der Waals surface area contributed by atoms with Crippen molar-refractivity contribution < 1.29 is 57.4 Å². The average molecular weight is 1470 g/mol. The maximum absolute atomic E-state index is 12.8. The molecule has 0 aromatic rings. The number of rotatable bonds is 6. The fourth-order valence-electron chi connectivity index (χ4n) is 30.6. The third-order valence-corrected chi connectivity index (χ3v) is 37.0. The van der Waals surface area contributed by atoms with Crippen molar-refractivity contribution in [1.82, 2.24) is 0 Å². The zero-order valence-corrected chi connectivity index (χ0v) is 68.8. The highest BCUT2D eigenvalue weighted by atomic mass is 16.6. The zero-order chi connectivity index (χ0) is 77.4. The van der Waals surface area contributed by atoms with Gasteiger partial charge in [0.05, 0.1) is 0 Å². The number of ether oxygens (including phenoxy) is 2. The Morgan fingerprint density at radius 1 is 0.346 bits per heavy atom. The van der Waals surface area contributed by atoms with Crippen molar-refractivity contribution in [1.29, 1.82) is 0 Å². The van der Waals surface area contributed by atoms with Crippen LogP contribution in [0.1, 0.15) is 313 Å². The van der Waals surface area contributed by atoms with Crippen molar-refractivity contribution in [2.45, 2.75) is 324 Å². The second kappa shape index (κ2) is 27.5. The van der Waals surface area contributed by atoms with Crippen LogP contribution in [-0.2, 0) is 57.4 Å². The highest BCUT2D eigenvalue weighted by Gasteiger charge is 2.72. The molecule has 16 aliphatic rings. The van der Waals surface area contributed by atoms with E-state index in [0.717, 1.165) is 102 Å². The zero-order valence-electron chi connectivity index (χ0n) is 68.8. The molecule has 0 aromatic carbocycles. The molecule has 10 fully saturated rings. The molecule has 0 radical (unpaired) electrons. The van der Waals surface area contributed by atoms with Gasteiger partial charge < -0.3 is 9.47 Å². The number of ketones is 8. The highest BCUT2D eigenvalue weighted by molar-refractivity contribution is 5.95. The van der Waals surface area contributed by atoms with Crippen molar-refractivity contribution in [2.24, 2.45) is 137 Å². The summed E-state index contributed by atoms with van der Waals surface area (Å²) in [7, 11) is 0. The lowest BCUT2D eigenvalue weighted by Gasteiger charge is -2.60. The van der Waals surface area contributed by atoms with Gasteiger partial charge in [0.2, 0.25) is 0 Å². The summed E-state index contributed by atoms with van der Waals surface area (Å²) in [5.74, 6) is 8.68. The first-order chi connectivity index (χ1) is 49.4. The van der Waals surface area contributed by atoms with E-state index >= 15 is 0 Å². The van der Waals surface area contributed by atoms with Crippen LogP contribution in [0.4, 0.5) is 0 Å². The molecule has 12 nitrogen and oxygen atoms in total. The molecule has 0 heterocycles. The van der Waals surface area contributed by atoms with Crippen LogP contribution in [0.5, 0.6) is 0 Å². The molecule has 0 spiro atoms. The van der Waals surface area contributed by atoms with Crippen LogP contribution in [0.25, 0.3) is 0 Å². The number of hydrogen-bond donors (Lipinski definition) is 0. The summed E-state index contributed by atoms with van der Waals surface area (Å²) in [6, 6.07) is 0.